The standard InChI is InChI=1S/C24H25FN6S/c1-18-8-10-19(11-9-18)23(24-26-27-28-31(24)17-20-5-4-16-32-20)30-14-12-29(13-15-30)22-7-3-2-6-21(22)25/h2-11,16,23H,12-15,17H2,1H3/t23-/m1/s1. The maximum Gasteiger partial charge on any atom is 0.173 e. The van der Waals surface area contributed by atoms with Crippen LogP contribution in [0.2, 0.25) is 0 Å². The van der Waals surface area contributed by atoms with Crippen molar-refractivity contribution in [2.24, 2.45) is 0 Å². The van der Waals surface area contributed by atoms with E-state index in [-0.39, 0.29) is 11.9 Å². The Balaban J connectivity index is 1.43. The van der Waals surface area contributed by atoms with E-state index in [2.05, 4.69) is 68.0 Å². The first kappa shape index (κ1) is 20.8. The predicted octanol–water partition coefficient (Wildman–Crippen LogP) is 4.14. The van der Waals surface area contributed by atoms with Gasteiger partial charge in [0.25, 0.3) is 0 Å². The van der Waals surface area contributed by atoms with Crippen LogP contribution in [-0.4, -0.2) is 51.3 Å². The number of halogens is 1. The first-order valence-electron chi connectivity index (χ1n) is 10.8. The molecular weight excluding hydrogens is 423 g/mol. The summed E-state index contributed by atoms with van der Waals surface area (Å²) in [5.74, 6) is 0.664. The van der Waals surface area contributed by atoms with Gasteiger partial charge in [0.15, 0.2) is 5.82 Å². The molecule has 0 unspecified atom stereocenters. The van der Waals surface area contributed by atoms with Crippen LogP contribution >= 0.6 is 11.3 Å². The molecule has 3 heterocycles. The molecule has 0 aliphatic carbocycles. The van der Waals surface area contributed by atoms with Crippen molar-refractivity contribution in [3.63, 3.8) is 0 Å². The van der Waals surface area contributed by atoms with Gasteiger partial charge in [-0.2, -0.15) is 0 Å². The van der Waals surface area contributed by atoms with Gasteiger partial charge >= 0.3 is 0 Å². The van der Waals surface area contributed by atoms with E-state index in [0.29, 0.717) is 12.2 Å². The van der Waals surface area contributed by atoms with Crippen molar-refractivity contribution in [2.45, 2.75) is 19.5 Å². The minimum Gasteiger partial charge on any atom is -0.367 e. The number of hydrogen-bond acceptors (Lipinski definition) is 6. The minimum absolute atomic E-state index is 0.0617. The highest BCUT2D eigenvalue weighted by atomic mass is 32.1. The predicted molar refractivity (Wildman–Crippen MR) is 124 cm³/mol. The number of para-hydroxylation sites is 1. The topological polar surface area (TPSA) is 50.1 Å². The Morgan fingerprint density at radius 3 is 2.47 bits per heavy atom. The quantitative estimate of drug-likeness (QED) is 0.444. The number of hydrogen-bond donors (Lipinski definition) is 0. The van der Waals surface area contributed by atoms with Gasteiger partial charge in [-0.25, -0.2) is 9.07 Å². The second kappa shape index (κ2) is 9.18. The third kappa shape index (κ3) is 4.28. The molecule has 0 amide bonds. The van der Waals surface area contributed by atoms with Crippen molar-refractivity contribution in [1.29, 1.82) is 0 Å². The highest BCUT2D eigenvalue weighted by Gasteiger charge is 2.31. The van der Waals surface area contributed by atoms with Crippen molar-refractivity contribution in [3.05, 3.63) is 93.7 Å². The molecule has 1 fully saturated rings. The lowest BCUT2D eigenvalue weighted by atomic mass is 10.0. The van der Waals surface area contributed by atoms with Gasteiger partial charge in [0.2, 0.25) is 0 Å². The van der Waals surface area contributed by atoms with E-state index in [9.17, 15) is 4.39 Å². The Bertz CT molecular complexity index is 1150. The maximum absolute atomic E-state index is 14.3. The molecule has 2 aromatic heterocycles. The monoisotopic (exact) mass is 448 g/mol. The molecule has 2 aromatic carbocycles. The third-order valence-electron chi connectivity index (χ3n) is 5.96. The molecule has 0 spiro atoms. The van der Waals surface area contributed by atoms with Crippen LogP contribution in [-0.2, 0) is 6.54 Å². The van der Waals surface area contributed by atoms with Crippen LogP contribution in [0.3, 0.4) is 0 Å². The Hall–Kier alpha value is -3.10. The van der Waals surface area contributed by atoms with E-state index < -0.39 is 0 Å². The van der Waals surface area contributed by atoms with Crippen LogP contribution < -0.4 is 4.90 Å². The average molecular weight is 449 g/mol. The number of aromatic nitrogens is 4. The number of rotatable bonds is 6. The Morgan fingerprint density at radius 2 is 1.75 bits per heavy atom. The largest absolute Gasteiger partial charge is 0.367 e. The molecule has 0 bridgehead atoms. The SMILES string of the molecule is Cc1ccc([C@H](c2nnnn2Cc2cccs2)N2CCN(c3ccccc3F)CC2)cc1. The molecule has 1 atom stereocenters. The van der Waals surface area contributed by atoms with Crippen LogP contribution in [0.15, 0.2) is 66.0 Å². The molecule has 0 N–H and O–H groups in total. The highest BCUT2D eigenvalue weighted by Crippen LogP contribution is 2.30. The summed E-state index contributed by atoms with van der Waals surface area (Å²) in [7, 11) is 0. The van der Waals surface area contributed by atoms with Crippen LogP contribution in [0.5, 0.6) is 0 Å². The van der Waals surface area contributed by atoms with Crippen molar-refractivity contribution >= 4 is 17.0 Å². The fourth-order valence-corrected chi connectivity index (χ4v) is 4.96. The molecule has 164 valence electrons. The summed E-state index contributed by atoms with van der Waals surface area (Å²) in [5.41, 5.74) is 3.05. The lowest BCUT2D eigenvalue weighted by molar-refractivity contribution is 0.201. The summed E-state index contributed by atoms with van der Waals surface area (Å²) in [6, 6.07) is 19.7. The summed E-state index contributed by atoms with van der Waals surface area (Å²) in [5, 5.41) is 14.8. The smallest absolute Gasteiger partial charge is 0.173 e. The lowest BCUT2D eigenvalue weighted by Gasteiger charge is -2.40. The molecule has 6 nitrogen and oxygen atoms in total. The van der Waals surface area contributed by atoms with E-state index >= 15 is 0 Å². The zero-order valence-corrected chi connectivity index (χ0v) is 18.7. The van der Waals surface area contributed by atoms with Crippen LogP contribution in [0.4, 0.5) is 10.1 Å². The number of benzene rings is 2. The Labute approximate surface area is 190 Å². The summed E-state index contributed by atoms with van der Waals surface area (Å²) < 4.78 is 16.2. The summed E-state index contributed by atoms with van der Waals surface area (Å²) in [6.45, 7) is 5.81. The minimum atomic E-state index is -0.170. The molecule has 1 aliphatic rings. The van der Waals surface area contributed by atoms with E-state index in [1.54, 1.807) is 17.4 Å². The second-order valence-electron chi connectivity index (χ2n) is 8.06. The van der Waals surface area contributed by atoms with E-state index in [1.165, 1.54) is 16.5 Å². The second-order valence-corrected chi connectivity index (χ2v) is 9.09. The van der Waals surface area contributed by atoms with Gasteiger partial charge in [0.1, 0.15) is 5.82 Å². The van der Waals surface area contributed by atoms with Crippen molar-refractivity contribution in [1.82, 2.24) is 25.1 Å². The van der Waals surface area contributed by atoms with E-state index in [0.717, 1.165) is 37.6 Å². The fraction of sp³-hybridized carbons (Fsp3) is 0.292. The molecule has 4 aromatic rings. The molecule has 0 saturated carbocycles. The third-order valence-corrected chi connectivity index (χ3v) is 6.82. The van der Waals surface area contributed by atoms with Crippen LogP contribution in [0.25, 0.3) is 0 Å². The Morgan fingerprint density at radius 1 is 0.969 bits per heavy atom. The maximum atomic E-state index is 14.3. The van der Waals surface area contributed by atoms with Crippen LogP contribution in [0.1, 0.15) is 27.9 Å². The number of anilines is 1. The zero-order valence-electron chi connectivity index (χ0n) is 17.9. The average Bonchev–Trinajstić information content (AvgIpc) is 3.49. The van der Waals surface area contributed by atoms with Gasteiger partial charge in [-0.1, -0.05) is 48.0 Å². The molecule has 1 aliphatic heterocycles. The summed E-state index contributed by atoms with van der Waals surface area (Å²) in [6.07, 6.45) is 0. The summed E-state index contributed by atoms with van der Waals surface area (Å²) in [4.78, 5) is 5.73. The van der Waals surface area contributed by atoms with E-state index in [1.807, 2.05) is 22.9 Å². The molecule has 1 saturated heterocycles. The Kier molecular flexibility index (Phi) is 5.96. The summed E-state index contributed by atoms with van der Waals surface area (Å²) >= 11 is 1.70. The van der Waals surface area contributed by atoms with Gasteiger partial charge in [-0.05, 0) is 46.5 Å². The van der Waals surface area contributed by atoms with Crippen molar-refractivity contribution in [2.75, 3.05) is 31.1 Å². The molecule has 5 rings (SSSR count). The number of aryl methyl sites for hydroxylation is 1. The first-order valence-corrected chi connectivity index (χ1v) is 11.7. The number of tetrazole rings is 1. The lowest BCUT2D eigenvalue weighted by Crippen LogP contribution is -2.48. The van der Waals surface area contributed by atoms with Gasteiger partial charge in [0, 0.05) is 31.1 Å². The van der Waals surface area contributed by atoms with Crippen molar-refractivity contribution < 1.29 is 4.39 Å². The zero-order chi connectivity index (χ0) is 21.9. The molecule has 0 radical (unpaired) electrons. The molecular formula is C24H25FN6S. The van der Waals surface area contributed by atoms with E-state index in [4.69, 9.17) is 0 Å². The molecule has 8 heteroatoms. The van der Waals surface area contributed by atoms with Gasteiger partial charge in [0.05, 0.1) is 18.3 Å². The van der Waals surface area contributed by atoms with Gasteiger partial charge in [-0.3, -0.25) is 4.90 Å². The van der Waals surface area contributed by atoms with Crippen LogP contribution in [0, 0.1) is 12.7 Å². The number of thiophene rings is 1. The normalized spacial score (nSPS) is 15.8. The number of nitrogens with zero attached hydrogens (tertiary/aromatic N) is 6. The highest BCUT2D eigenvalue weighted by molar-refractivity contribution is 7.09. The van der Waals surface area contributed by atoms with Gasteiger partial charge < -0.3 is 4.90 Å². The first-order chi connectivity index (χ1) is 15.7. The molecule has 32 heavy (non-hydrogen) atoms. The van der Waals surface area contributed by atoms with Crippen molar-refractivity contribution in [3.8, 4) is 0 Å². The van der Waals surface area contributed by atoms with Gasteiger partial charge in [-0.15, -0.1) is 16.4 Å². The fourth-order valence-electron chi connectivity index (χ4n) is 4.27. The number of piperazine rings is 1.